The van der Waals surface area contributed by atoms with Gasteiger partial charge in [0.05, 0.1) is 5.56 Å². The molecule has 0 fully saturated rings. The van der Waals surface area contributed by atoms with Crippen LogP contribution in [0.15, 0.2) is 36.5 Å². The molecule has 1 amide bonds. The number of carbonyl (C=O) groups excluding carboxylic acids is 1. The summed E-state index contributed by atoms with van der Waals surface area (Å²) >= 11 is 0. The van der Waals surface area contributed by atoms with E-state index in [1.165, 1.54) is 29.1 Å². The minimum absolute atomic E-state index is 0.0762. The number of hydrogen-bond donors (Lipinski definition) is 1. The quantitative estimate of drug-likeness (QED) is 0.887. The summed E-state index contributed by atoms with van der Waals surface area (Å²) in [6.07, 6.45) is -2.09. The predicted octanol–water partition coefficient (Wildman–Crippen LogP) is 3.08. The van der Waals surface area contributed by atoms with Crippen LogP contribution in [0.1, 0.15) is 29.4 Å². The van der Waals surface area contributed by atoms with Crippen molar-refractivity contribution in [1.82, 2.24) is 15.1 Å². The average Bonchev–Trinajstić information content (AvgIpc) is 2.99. The number of nitrogens with zero attached hydrogens (tertiary/aromatic N) is 2. The lowest BCUT2D eigenvalue weighted by Gasteiger charge is -2.10. The van der Waals surface area contributed by atoms with Gasteiger partial charge >= 0.3 is 6.18 Å². The summed E-state index contributed by atoms with van der Waals surface area (Å²) < 4.78 is 44.4. The highest BCUT2D eigenvalue weighted by Crippen LogP contribution is 2.31. The van der Waals surface area contributed by atoms with Crippen LogP contribution >= 0.6 is 0 Å². The fraction of sp³-hybridized carbons (Fsp3) is 0.333. The summed E-state index contributed by atoms with van der Waals surface area (Å²) in [6.45, 7) is 2.39. The molecular weight excluding hydrogens is 311 g/mol. The molecule has 0 aliphatic heterocycles. The van der Waals surface area contributed by atoms with Gasteiger partial charge in [0.1, 0.15) is 11.4 Å². The first-order valence-corrected chi connectivity index (χ1v) is 7.02. The van der Waals surface area contributed by atoms with Gasteiger partial charge in [0.25, 0.3) is 5.91 Å². The minimum Gasteiger partial charge on any atom is -0.471 e. The van der Waals surface area contributed by atoms with Gasteiger partial charge in [-0.25, -0.2) is 4.68 Å². The first kappa shape index (κ1) is 16.9. The van der Waals surface area contributed by atoms with Crippen molar-refractivity contribution < 1.29 is 22.7 Å². The van der Waals surface area contributed by atoms with E-state index in [1.807, 2.05) is 6.92 Å². The molecule has 1 aromatic carbocycles. The maximum atomic E-state index is 12.6. The Morgan fingerprint density at radius 1 is 1.35 bits per heavy atom. The third-order valence-corrected chi connectivity index (χ3v) is 2.93. The second-order valence-electron chi connectivity index (χ2n) is 4.80. The van der Waals surface area contributed by atoms with E-state index in [0.29, 0.717) is 6.54 Å². The number of benzene rings is 1. The van der Waals surface area contributed by atoms with Gasteiger partial charge in [0.15, 0.2) is 6.73 Å². The molecule has 2 rings (SSSR count). The van der Waals surface area contributed by atoms with Gasteiger partial charge in [-0.15, -0.1) is 0 Å². The number of rotatable bonds is 6. The molecule has 1 heterocycles. The second kappa shape index (κ2) is 7.17. The van der Waals surface area contributed by atoms with E-state index in [4.69, 9.17) is 4.74 Å². The highest BCUT2D eigenvalue weighted by Gasteiger charge is 2.30. The van der Waals surface area contributed by atoms with Crippen molar-refractivity contribution >= 4 is 5.91 Å². The van der Waals surface area contributed by atoms with Crippen molar-refractivity contribution in [2.75, 3.05) is 6.54 Å². The van der Waals surface area contributed by atoms with Crippen molar-refractivity contribution in [3.63, 3.8) is 0 Å². The van der Waals surface area contributed by atoms with Gasteiger partial charge in [-0.05, 0) is 30.7 Å². The van der Waals surface area contributed by atoms with Crippen molar-refractivity contribution in [3.8, 4) is 5.75 Å². The summed E-state index contributed by atoms with van der Waals surface area (Å²) in [7, 11) is 0. The Balaban J connectivity index is 1.96. The molecule has 1 N–H and O–H groups in total. The molecule has 0 unspecified atom stereocenters. The van der Waals surface area contributed by atoms with Crippen LogP contribution in [-0.2, 0) is 12.9 Å². The van der Waals surface area contributed by atoms with E-state index >= 15 is 0 Å². The van der Waals surface area contributed by atoms with Crippen LogP contribution in [0.5, 0.6) is 5.75 Å². The third kappa shape index (κ3) is 4.73. The second-order valence-corrected chi connectivity index (χ2v) is 4.80. The Labute approximate surface area is 131 Å². The van der Waals surface area contributed by atoms with Crippen LogP contribution < -0.4 is 10.1 Å². The first-order chi connectivity index (χ1) is 10.9. The average molecular weight is 327 g/mol. The maximum absolute atomic E-state index is 12.6. The van der Waals surface area contributed by atoms with Gasteiger partial charge in [-0.3, -0.25) is 4.79 Å². The summed E-state index contributed by atoms with van der Waals surface area (Å²) in [6, 6.07) is 6.09. The van der Waals surface area contributed by atoms with Crippen molar-refractivity contribution in [2.45, 2.75) is 26.3 Å². The summed E-state index contributed by atoms with van der Waals surface area (Å²) in [5, 5.41) is 6.69. The van der Waals surface area contributed by atoms with Gasteiger partial charge in [-0.1, -0.05) is 13.0 Å². The van der Waals surface area contributed by atoms with Crippen LogP contribution in [-0.4, -0.2) is 22.2 Å². The third-order valence-electron chi connectivity index (χ3n) is 2.93. The summed E-state index contributed by atoms with van der Waals surface area (Å²) in [5.74, 6) is -0.225. The standard InChI is InChI=1S/C15H16F3N3O2/c1-2-7-19-14(22)13-6-8-21(20-13)10-23-12-5-3-4-11(9-12)15(16,17)18/h3-6,8-9H,2,7,10H2,1H3,(H,19,22). The highest BCUT2D eigenvalue weighted by molar-refractivity contribution is 5.92. The number of ether oxygens (including phenoxy) is 1. The number of alkyl halides is 3. The van der Waals surface area contributed by atoms with Crippen molar-refractivity contribution in [1.29, 1.82) is 0 Å². The highest BCUT2D eigenvalue weighted by atomic mass is 19.4. The Hall–Kier alpha value is -2.51. The molecule has 0 atom stereocenters. The molecule has 0 aliphatic rings. The molecule has 0 saturated carbocycles. The fourth-order valence-corrected chi connectivity index (χ4v) is 1.79. The van der Waals surface area contributed by atoms with Crippen LogP contribution in [0.25, 0.3) is 0 Å². The number of carbonyl (C=O) groups is 1. The maximum Gasteiger partial charge on any atom is 0.416 e. The van der Waals surface area contributed by atoms with E-state index < -0.39 is 11.7 Å². The Morgan fingerprint density at radius 3 is 2.83 bits per heavy atom. The van der Waals surface area contributed by atoms with E-state index in [9.17, 15) is 18.0 Å². The fourth-order valence-electron chi connectivity index (χ4n) is 1.79. The van der Waals surface area contributed by atoms with Gasteiger partial charge in [0.2, 0.25) is 0 Å². The molecule has 23 heavy (non-hydrogen) atoms. The molecule has 5 nitrogen and oxygen atoms in total. The van der Waals surface area contributed by atoms with Crippen LogP contribution in [0.3, 0.4) is 0 Å². The lowest BCUT2D eigenvalue weighted by Crippen LogP contribution is -2.24. The zero-order chi connectivity index (χ0) is 16.9. The molecule has 0 bridgehead atoms. The van der Waals surface area contributed by atoms with E-state index in [2.05, 4.69) is 10.4 Å². The molecule has 124 valence electrons. The van der Waals surface area contributed by atoms with Crippen LogP contribution in [0.4, 0.5) is 13.2 Å². The largest absolute Gasteiger partial charge is 0.471 e. The Bertz CT molecular complexity index is 668. The lowest BCUT2D eigenvalue weighted by molar-refractivity contribution is -0.137. The minimum atomic E-state index is -4.42. The van der Waals surface area contributed by atoms with Crippen molar-refractivity contribution in [2.24, 2.45) is 0 Å². The monoisotopic (exact) mass is 327 g/mol. The molecule has 8 heteroatoms. The first-order valence-electron chi connectivity index (χ1n) is 7.02. The molecule has 1 aromatic heterocycles. The number of nitrogens with one attached hydrogen (secondary N) is 1. The topological polar surface area (TPSA) is 56.2 Å². The van der Waals surface area contributed by atoms with E-state index in [-0.39, 0.29) is 24.1 Å². The molecule has 0 aliphatic carbocycles. The molecule has 0 spiro atoms. The number of aromatic nitrogens is 2. The van der Waals surface area contributed by atoms with Gasteiger partial charge < -0.3 is 10.1 Å². The number of halogens is 3. The summed E-state index contributed by atoms with van der Waals surface area (Å²) in [5.41, 5.74) is -0.554. The lowest BCUT2D eigenvalue weighted by atomic mass is 10.2. The number of amides is 1. The Kier molecular flexibility index (Phi) is 5.25. The predicted molar refractivity (Wildman–Crippen MR) is 76.9 cm³/mol. The molecule has 2 aromatic rings. The summed E-state index contributed by atoms with van der Waals surface area (Å²) in [4.78, 5) is 11.7. The Morgan fingerprint density at radius 2 is 2.13 bits per heavy atom. The molecular formula is C15H16F3N3O2. The zero-order valence-electron chi connectivity index (χ0n) is 12.4. The smallest absolute Gasteiger partial charge is 0.416 e. The normalized spacial score (nSPS) is 11.3. The number of hydrogen-bond acceptors (Lipinski definition) is 3. The van der Waals surface area contributed by atoms with Crippen LogP contribution in [0.2, 0.25) is 0 Å². The zero-order valence-corrected chi connectivity index (χ0v) is 12.4. The van der Waals surface area contributed by atoms with Gasteiger partial charge in [-0.2, -0.15) is 18.3 Å². The molecule has 0 radical (unpaired) electrons. The van der Waals surface area contributed by atoms with Crippen molar-refractivity contribution in [3.05, 3.63) is 47.8 Å². The SMILES string of the molecule is CCCNC(=O)c1ccn(COc2cccc(C(F)(F)F)c2)n1. The van der Waals surface area contributed by atoms with Crippen LogP contribution in [0, 0.1) is 0 Å². The molecule has 0 saturated heterocycles. The van der Waals surface area contributed by atoms with E-state index in [1.54, 1.807) is 0 Å². The van der Waals surface area contributed by atoms with Gasteiger partial charge in [0, 0.05) is 12.7 Å². The van der Waals surface area contributed by atoms with E-state index in [0.717, 1.165) is 18.6 Å².